The van der Waals surface area contributed by atoms with Gasteiger partial charge in [0.05, 0.1) is 12.8 Å². The number of nitrogens with zero attached hydrogens (tertiary/aromatic N) is 2. The first-order valence-electron chi connectivity index (χ1n) is 5.63. The fraction of sp³-hybridized carbons (Fsp3) is 0.600. The number of amides is 1. The van der Waals surface area contributed by atoms with Gasteiger partial charge in [0.15, 0.2) is 11.9 Å². The minimum atomic E-state index is -2.57. The summed E-state index contributed by atoms with van der Waals surface area (Å²) >= 11 is 0. The molecule has 6 N–H and O–H groups in total. The van der Waals surface area contributed by atoms with Gasteiger partial charge in [-0.1, -0.05) is 0 Å². The van der Waals surface area contributed by atoms with Crippen LogP contribution in [0.3, 0.4) is 0 Å². The highest BCUT2D eigenvalue weighted by molar-refractivity contribution is 6.28. The Balaban J connectivity index is 3.10. The van der Waals surface area contributed by atoms with E-state index in [1.54, 1.807) is 0 Å². The molecule has 1 aliphatic heterocycles. The number of halogens is 1. The summed E-state index contributed by atoms with van der Waals surface area (Å²) < 4.78 is 19.4. The number of ether oxygens (including phenoxy) is 1. The number of nitrogens with one attached hydrogen (secondary N) is 3. The van der Waals surface area contributed by atoms with E-state index in [1.807, 2.05) is 5.32 Å². The molecule has 1 heterocycles. The Bertz CT molecular complexity index is 505. The Morgan fingerprint density at radius 1 is 1.71 bits per heavy atom. The molecule has 0 aromatic carbocycles. The Labute approximate surface area is 118 Å². The van der Waals surface area contributed by atoms with Gasteiger partial charge in [-0.2, -0.15) is 5.26 Å². The molecule has 0 radical (unpaired) electrons. The number of aliphatic hydroxyl groups is 2. The molecule has 0 unspecified atom stereocenters. The average molecular weight is 303 g/mol. The van der Waals surface area contributed by atoms with Crippen molar-refractivity contribution in [3.8, 4) is 6.07 Å². The van der Waals surface area contributed by atoms with Crippen molar-refractivity contribution in [1.82, 2.24) is 10.8 Å². The van der Waals surface area contributed by atoms with Crippen LogP contribution in [0.15, 0.2) is 4.99 Å². The van der Waals surface area contributed by atoms with Crippen LogP contribution in [0.2, 0.25) is 0 Å². The first-order chi connectivity index (χ1) is 9.77. The van der Waals surface area contributed by atoms with Crippen molar-refractivity contribution in [3.05, 3.63) is 0 Å². The zero-order valence-electron chi connectivity index (χ0n) is 10.9. The summed E-state index contributed by atoms with van der Waals surface area (Å²) in [6.07, 6.45) is -3.42. The molecule has 21 heavy (non-hydrogen) atoms. The van der Waals surface area contributed by atoms with E-state index in [0.29, 0.717) is 6.21 Å². The van der Waals surface area contributed by atoms with E-state index in [1.165, 1.54) is 11.5 Å². The van der Waals surface area contributed by atoms with Gasteiger partial charge >= 0.3 is 0 Å². The van der Waals surface area contributed by atoms with Gasteiger partial charge in [0.2, 0.25) is 11.6 Å². The summed E-state index contributed by atoms with van der Waals surface area (Å²) in [6, 6.07) is 1.47. The number of nitriles is 1. The van der Waals surface area contributed by atoms with Crippen LogP contribution < -0.4 is 10.8 Å². The number of rotatable bonds is 3. The SMILES string of the molecule is C[C@]1(F)[C@H](N=C(NO)NC(=O)C=N)O[C@](C#N)(CO)[C@H]1O. The van der Waals surface area contributed by atoms with Gasteiger partial charge in [0.25, 0.3) is 5.91 Å². The number of hydroxylamine groups is 1. The highest BCUT2D eigenvalue weighted by Crippen LogP contribution is 2.41. The van der Waals surface area contributed by atoms with E-state index in [-0.39, 0.29) is 0 Å². The van der Waals surface area contributed by atoms with Gasteiger partial charge in [-0.25, -0.2) is 14.9 Å². The Hall–Kier alpha value is -2.13. The van der Waals surface area contributed by atoms with Crippen LogP contribution in [0, 0.1) is 16.7 Å². The van der Waals surface area contributed by atoms with Crippen LogP contribution in [0.4, 0.5) is 4.39 Å². The third-order valence-corrected chi connectivity index (χ3v) is 2.93. The third kappa shape index (κ3) is 2.98. The summed E-state index contributed by atoms with van der Waals surface area (Å²) in [6.45, 7) is -0.0983. The van der Waals surface area contributed by atoms with Gasteiger partial charge < -0.3 is 20.4 Å². The molecular formula is C10H14FN5O5. The predicted molar refractivity (Wildman–Crippen MR) is 65.1 cm³/mol. The molecule has 1 aliphatic rings. The maximum atomic E-state index is 14.4. The van der Waals surface area contributed by atoms with Crippen molar-refractivity contribution in [1.29, 1.82) is 10.7 Å². The number of hydrogen-bond donors (Lipinski definition) is 6. The molecule has 0 aliphatic carbocycles. The van der Waals surface area contributed by atoms with E-state index in [0.717, 1.165) is 6.92 Å². The largest absolute Gasteiger partial charge is 0.392 e. The molecule has 1 saturated heterocycles. The van der Waals surface area contributed by atoms with E-state index in [9.17, 15) is 14.3 Å². The standard InChI is InChI=1S/C10H14FN5O5/c1-9(11)6(19)10(3-13,4-17)21-7(9)15-8(16-20)14-5(18)2-12/h2,6-7,12,17,19-20H,4H2,1H3,(H2,14,15,16,18)/t6-,7+,9+,10+/m0/s1. The maximum Gasteiger partial charge on any atom is 0.268 e. The Morgan fingerprint density at radius 3 is 2.71 bits per heavy atom. The molecule has 1 fully saturated rings. The van der Waals surface area contributed by atoms with Gasteiger partial charge in [-0.15, -0.1) is 0 Å². The molecule has 116 valence electrons. The molecule has 1 amide bonds. The number of alkyl halides is 1. The van der Waals surface area contributed by atoms with Crippen LogP contribution in [0.25, 0.3) is 0 Å². The monoisotopic (exact) mass is 303 g/mol. The maximum absolute atomic E-state index is 14.4. The number of hydrogen-bond acceptors (Lipinski definition) is 8. The van der Waals surface area contributed by atoms with Crippen LogP contribution in [0.1, 0.15) is 6.92 Å². The highest BCUT2D eigenvalue weighted by atomic mass is 19.1. The van der Waals surface area contributed by atoms with Crippen molar-refractivity contribution in [2.45, 2.75) is 30.5 Å². The van der Waals surface area contributed by atoms with Gasteiger partial charge in [-0.3, -0.25) is 15.3 Å². The van der Waals surface area contributed by atoms with Crippen molar-refractivity contribution < 1.29 is 29.3 Å². The predicted octanol–water partition coefficient (Wildman–Crippen LogP) is -2.21. The van der Waals surface area contributed by atoms with Crippen molar-refractivity contribution in [2.24, 2.45) is 4.99 Å². The first kappa shape index (κ1) is 16.9. The lowest BCUT2D eigenvalue weighted by Gasteiger charge is -2.23. The van der Waals surface area contributed by atoms with Crippen LogP contribution >= 0.6 is 0 Å². The summed E-state index contributed by atoms with van der Waals surface area (Å²) in [5, 5.41) is 45.2. The minimum Gasteiger partial charge on any atom is -0.392 e. The summed E-state index contributed by atoms with van der Waals surface area (Å²) in [5.41, 5.74) is -3.34. The molecular weight excluding hydrogens is 289 g/mol. The Kier molecular flexibility index (Phi) is 4.92. The van der Waals surface area contributed by atoms with Crippen molar-refractivity contribution in [3.63, 3.8) is 0 Å². The summed E-state index contributed by atoms with van der Waals surface area (Å²) in [5.74, 6) is -1.63. The van der Waals surface area contributed by atoms with Crippen molar-refractivity contribution in [2.75, 3.05) is 6.61 Å². The number of carbonyl (C=O) groups is 1. The quantitative estimate of drug-likeness (QED) is 0.195. The van der Waals surface area contributed by atoms with E-state index in [2.05, 4.69) is 4.99 Å². The molecule has 0 aromatic heterocycles. The molecule has 0 aromatic rings. The first-order valence-corrected chi connectivity index (χ1v) is 5.63. The van der Waals surface area contributed by atoms with E-state index < -0.39 is 42.1 Å². The van der Waals surface area contributed by atoms with Crippen LogP contribution in [0.5, 0.6) is 0 Å². The molecule has 1 rings (SSSR count). The normalized spacial score (nSPS) is 35.9. The number of carbonyl (C=O) groups excluding carboxylic acids is 1. The number of aliphatic imine (C=N–C) groups is 1. The zero-order valence-corrected chi connectivity index (χ0v) is 10.9. The topological polar surface area (TPSA) is 171 Å². The minimum absolute atomic E-state index is 0.374. The number of guanidine groups is 1. The average Bonchev–Trinajstić information content (AvgIpc) is 2.67. The lowest BCUT2D eigenvalue weighted by molar-refractivity contribution is -0.113. The van der Waals surface area contributed by atoms with Gasteiger partial charge in [0, 0.05) is 0 Å². The van der Waals surface area contributed by atoms with Crippen LogP contribution in [-0.4, -0.2) is 63.7 Å². The molecule has 11 heteroatoms. The zero-order chi connectivity index (χ0) is 16.3. The molecule has 4 atom stereocenters. The lowest BCUT2D eigenvalue weighted by Crippen LogP contribution is -2.49. The second kappa shape index (κ2) is 6.10. The number of aliphatic hydroxyl groups excluding tert-OH is 2. The second-order valence-corrected chi connectivity index (χ2v) is 4.41. The summed E-state index contributed by atoms with van der Waals surface area (Å²) in [7, 11) is 0. The van der Waals surface area contributed by atoms with E-state index in [4.69, 9.17) is 25.7 Å². The smallest absolute Gasteiger partial charge is 0.268 e. The highest BCUT2D eigenvalue weighted by Gasteiger charge is 2.63. The van der Waals surface area contributed by atoms with Crippen LogP contribution in [-0.2, 0) is 9.53 Å². The van der Waals surface area contributed by atoms with Gasteiger partial charge in [-0.05, 0) is 6.92 Å². The summed E-state index contributed by atoms with van der Waals surface area (Å²) in [4.78, 5) is 14.4. The molecule has 10 nitrogen and oxygen atoms in total. The molecule has 0 saturated carbocycles. The lowest BCUT2D eigenvalue weighted by atomic mass is 9.90. The second-order valence-electron chi connectivity index (χ2n) is 4.41. The van der Waals surface area contributed by atoms with Gasteiger partial charge in [0.1, 0.15) is 12.2 Å². The fourth-order valence-electron chi connectivity index (χ4n) is 1.73. The van der Waals surface area contributed by atoms with Crippen molar-refractivity contribution >= 4 is 18.1 Å². The fourth-order valence-corrected chi connectivity index (χ4v) is 1.73. The third-order valence-electron chi connectivity index (χ3n) is 2.93. The Morgan fingerprint density at radius 2 is 2.33 bits per heavy atom. The van der Waals surface area contributed by atoms with E-state index >= 15 is 0 Å². The molecule has 0 spiro atoms. The molecule has 0 bridgehead atoms.